The van der Waals surface area contributed by atoms with Gasteiger partial charge in [0.25, 0.3) is 0 Å². The highest BCUT2D eigenvalue weighted by Crippen LogP contribution is 2.25. The Morgan fingerprint density at radius 3 is 2.08 bits per heavy atom. The summed E-state index contributed by atoms with van der Waals surface area (Å²) in [5.74, 6) is 0.0923. The number of nitrogens with two attached hydrogens (primary N) is 2. The lowest BCUT2D eigenvalue weighted by Crippen LogP contribution is -2.31. The molecule has 0 amide bonds. The first-order chi connectivity index (χ1) is 5.60. The Labute approximate surface area is 73.7 Å². The average Bonchev–Trinajstić information content (AvgIpc) is 2.08. The quantitative estimate of drug-likeness (QED) is 0.406. The highest BCUT2D eigenvalue weighted by molar-refractivity contribution is 5.75. The van der Waals surface area contributed by atoms with Gasteiger partial charge in [-0.05, 0) is 12.8 Å². The monoisotopic (exact) mass is 173 g/mol. The standard InChI is InChI=1S/C8H19N3O/c1-3-8(4-2,6-12)5-11-7(9)10/h12H,3-6H2,1-2H3,(H4,9,10,11). The van der Waals surface area contributed by atoms with Gasteiger partial charge in [-0.3, -0.25) is 4.99 Å². The summed E-state index contributed by atoms with van der Waals surface area (Å²) in [5, 5.41) is 9.14. The van der Waals surface area contributed by atoms with Gasteiger partial charge in [0, 0.05) is 5.41 Å². The molecule has 0 aromatic heterocycles. The summed E-state index contributed by atoms with van der Waals surface area (Å²) >= 11 is 0. The Kier molecular flexibility index (Phi) is 4.66. The zero-order valence-corrected chi connectivity index (χ0v) is 7.88. The fourth-order valence-electron chi connectivity index (χ4n) is 1.01. The molecule has 0 saturated heterocycles. The van der Waals surface area contributed by atoms with E-state index in [-0.39, 0.29) is 18.0 Å². The van der Waals surface area contributed by atoms with Crippen molar-refractivity contribution in [3.05, 3.63) is 0 Å². The minimum atomic E-state index is -0.135. The van der Waals surface area contributed by atoms with Crippen LogP contribution in [0.5, 0.6) is 0 Å². The summed E-state index contributed by atoms with van der Waals surface area (Å²) in [4.78, 5) is 3.92. The van der Waals surface area contributed by atoms with E-state index in [1.54, 1.807) is 0 Å². The van der Waals surface area contributed by atoms with Gasteiger partial charge in [-0.15, -0.1) is 0 Å². The van der Waals surface area contributed by atoms with E-state index in [1.807, 2.05) is 13.8 Å². The van der Waals surface area contributed by atoms with Crippen LogP contribution >= 0.6 is 0 Å². The van der Waals surface area contributed by atoms with Gasteiger partial charge in [0.1, 0.15) is 0 Å². The molecule has 0 bridgehead atoms. The van der Waals surface area contributed by atoms with Crippen molar-refractivity contribution >= 4 is 5.96 Å². The van der Waals surface area contributed by atoms with Gasteiger partial charge in [-0.25, -0.2) is 0 Å². The molecule has 5 N–H and O–H groups in total. The van der Waals surface area contributed by atoms with Crippen molar-refractivity contribution < 1.29 is 5.11 Å². The summed E-state index contributed by atoms with van der Waals surface area (Å²) in [5.41, 5.74) is 10.3. The fourth-order valence-corrected chi connectivity index (χ4v) is 1.01. The number of guanidine groups is 1. The first kappa shape index (κ1) is 11.2. The first-order valence-electron chi connectivity index (χ1n) is 4.26. The molecule has 0 radical (unpaired) electrons. The number of hydrogen-bond acceptors (Lipinski definition) is 2. The van der Waals surface area contributed by atoms with Crippen LogP contribution in [0.1, 0.15) is 26.7 Å². The molecule has 0 rings (SSSR count). The Bertz CT molecular complexity index is 140. The molecular weight excluding hydrogens is 154 g/mol. The molecule has 0 aliphatic heterocycles. The van der Waals surface area contributed by atoms with E-state index >= 15 is 0 Å². The number of hydrogen-bond donors (Lipinski definition) is 3. The predicted molar refractivity (Wildman–Crippen MR) is 50.8 cm³/mol. The Morgan fingerprint density at radius 2 is 1.83 bits per heavy atom. The van der Waals surface area contributed by atoms with Crippen LogP contribution in [-0.2, 0) is 0 Å². The molecule has 0 atom stereocenters. The van der Waals surface area contributed by atoms with Crippen molar-refractivity contribution in [3.63, 3.8) is 0 Å². The molecule has 72 valence electrons. The molecule has 0 unspecified atom stereocenters. The maximum absolute atomic E-state index is 9.14. The number of aliphatic hydroxyl groups is 1. The van der Waals surface area contributed by atoms with E-state index < -0.39 is 0 Å². The van der Waals surface area contributed by atoms with E-state index in [1.165, 1.54) is 0 Å². The number of aliphatic imine (C=N–C) groups is 1. The summed E-state index contributed by atoms with van der Waals surface area (Å²) in [6.45, 7) is 4.71. The molecule has 0 heterocycles. The minimum absolute atomic E-state index is 0.0923. The Balaban J connectivity index is 4.20. The molecule has 0 aliphatic carbocycles. The van der Waals surface area contributed by atoms with E-state index in [9.17, 15) is 0 Å². The van der Waals surface area contributed by atoms with Gasteiger partial charge in [0.2, 0.25) is 0 Å². The molecule has 4 heteroatoms. The average molecular weight is 173 g/mol. The largest absolute Gasteiger partial charge is 0.396 e. The normalized spacial score (nSPS) is 11.2. The lowest BCUT2D eigenvalue weighted by molar-refractivity contribution is 0.123. The van der Waals surface area contributed by atoms with E-state index in [2.05, 4.69) is 4.99 Å². The van der Waals surface area contributed by atoms with Crippen LogP contribution in [0.2, 0.25) is 0 Å². The molecule has 0 fully saturated rings. The molecule has 0 aromatic rings. The SMILES string of the molecule is CCC(CC)(CO)CN=C(N)N. The fraction of sp³-hybridized carbons (Fsp3) is 0.875. The smallest absolute Gasteiger partial charge is 0.185 e. The third-order valence-electron chi connectivity index (χ3n) is 2.43. The third kappa shape index (κ3) is 3.09. The second kappa shape index (κ2) is 4.98. The van der Waals surface area contributed by atoms with Crippen LogP contribution in [0, 0.1) is 5.41 Å². The van der Waals surface area contributed by atoms with Crippen LogP contribution in [0.4, 0.5) is 0 Å². The van der Waals surface area contributed by atoms with Gasteiger partial charge in [-0.2, -0.15) is 0 Å². The zero-order chi connectivity index (χ0) is 9.61. The summed E-state index contributed by atoms with van der Waals surface area (Å²) in [7, 11) is 0. The van der Waals surface area contributed by atoms with Crippen LogP contribution in [0.15, 0.2) is 4.99 Å². The van der Waals surface area contributed by atoms with Crippen molar-refractivity contribution in [2.24, 2.45) is 21.9 Å². The van der Waals surface area contributed by atoms with Gasteiger partial charge in [0.15, 0.2) is 5.96 Å². The number of nitrogens with zero attached hydrogens (tertiary/aromatic N) is 1. The van der Waals surface area contributed by atoms with Crippen molar-refractivity contribution in [3.8, 4) is 0 Å². The van der Waals surface area contributed by atoms with E-state index in [0.29, 0.717) is 6.54 Å². The highest BCUT2D eigenvalue weighted by Gasteiger charge is 2.24. The molecule has 0 saturated carbocycles. The lowest BCUT2D eigenvalue weighted by Gasteiger charge is -2.26. The highest BCUT2D eigenvalue weighted by atomic mass is 16.3. The van der Waals surface area contributed by atoms with Crippen LogP contribution in [0.3, 0.4) is 0 Å². The molecule has 0 aliphatic rings. The topological polar surface area (TPSA) is 84.6 Å². The lowest BCUT2D eigenvalue weighted by atomic mass is 9.83. The first-order valence-corrected chi connectivity index (χ1v) is 4.26. The van der Waals surface area contributed by atoms with E-state index in [4.69, 9.17) is 16.6 Å². The summed E-state index contributed by atoms with van der Waals surface area (Å²) < 4.78 is 0. The molecule has 0 aromatic carbocycles. The molecule has 12 heavy (non-hydrogen) atoms. The molecular formula is C8H19N3O. The number of rotatable bonds is 5. The third-order valence-corrected chi connectivity index (χ3v) is 2.43. The van der Waals surface area contributed by atoms with E-state index in [0.717, 1.165) is 12.8 Å². The van der Waals surface area contributed by atoms with Crippen LogP contribution in [-0.4, -0.2) is 24.2 Å². The van der Waals surface area contributed by atoms with Crippen molar-refractivity contribution in [2.45, 2.75) is 26.7 Å². The second-order valence-corrected chi connectivity index (χ2v) is 3.11. The van der Waals surface area contributed by atoms with Crippen LogP contribution < -0.4 is 11.5 Å². The Morgan fingerprint density at radius 1 is 1.33 bits per heavy atom. The van der Waals surface area contributed by atoms with Gasteiger partial charge < -0.3 is 16.6 Å². The minimum Gasteiger partial charge on any atom is -0.396 e. The Hall–Kier alpha value is -0.770. The van der Waals surface area contributed by atoms with Crippen LogP contribution in [0.25, 0.3) is 0 Å². The molecule has 4 nitrogen and oxygen atoms in total. The van der Waals surface area contributed by atoms with Gasteiger partial charge >= 0.3 is 0 Å². The second-order valence-electron chi connectivity index (χ2n) is 3.11. The molecule has 0 spiro atoms. The van der Waals surface area contributed by atoms with Gasteiger partial charge in [-0.1, -0.05) is 13.8 Å². The van der Waals surface area contributed by atoms with Crippen molar-refractivity contribution in [2.75, 3.05) is 13.2 Å². The summed E-state index contributed by atoms with van der Waals surface area (Å²) in [6.07, 6.45) is 1.77. The summed E-state index contributed by atoms with van der Waals surface area (Å²) in [6, 6.07) is 0. The van der Waals surface area contributed by atoms with Crippen molar-refractivity contribution in [1.82, 2.24) is 0 Å². The van der Waals surface area contributed by atoms with Gasteiger partial charge in [0.05, 0.1) is 13.2 Å². The maximum atomic E-state index is 9.14. The zero-order valence-electron chi connectivity index (χ0n) is 7.88. The predicted octanol–water partition coefficient (Wildman–Crippen LogP) is 0.0585. The maximum Gasteiger partial charge on any atom is 0.185 e. The van der Waals surface area contributed by atoms with Crippen molar-refractivity contribution in [1.29, 1.82) is 0 Å². The number of aliphatic hydroxyl groups excluding tert-OH is 1.